The third kappa shape index (κ3) is 2.84. The number of halogens is 2. The molecule has 1 aromatic carbocycles. The summed E-state index contributed by atoms with van der Waals surface area (Å²) in [5.74, 6) is 0. The molecule has 0 aliphatic rings. The van der Waals surface area contributed by atoms with Crippen LogP contribution in [-0.4, -0.2) is 7.05 Å². The maximum absolute atomic E-state index is 6.01. The van der Waals surface area contributed by atoms with Crippen LogP contribution >= 0.6 is 45.5 Å². The Hall–Kier alpha value is -0.100. The van der Waals surface area contributed by atoms with E-state index in [-0.39, 0.29) is 6.04 Å². The number of thiophene rings is 1. The van der Waals surface area contributed by atoms with Gasteiger partial charge in [0.05, 0.1) is 10.4 Å². The Labute approximate surface area is 124 Å². The van der Waals surface area contributed by atoms with E-state index in [0.29, 0.717) is 0 Å². The summed E-state index contributed by atoms with van der Waals surface area (Å²) in [5, 5.41) is 3.36. The zero-order valence-electron chi connectivity index (χ0n) is 9.63. The Bertz CT molecular complexity index is 524. The van der Waals surface area contributed by atoms with Gasteiger partial charge in [-0.25, -0.2) is 0 Å². The molecule has 0 saturated heterocycles. The van der Waals surface area contributed by atoms with E-state index in [1.54, 1.807) is 11.3 Å². The summed E-state index contributed by atoms with van der Waals surface area (Å²) >= 11 is 10.0. The lowest BCUT2D eigenvalue weighted by Gasteiger charge is -2.17. The molecule has 0 fully saturated rings. The predicted molar refractivity (Wildman–Crippen MR) is 84.1 cm³/mol. The molecule has 1 nitrogen and oxygen atoms in total. The first-order valence-corrected chi connectivity index (χ1v) is 7.58. The van der Waals surface area contributed by atoms with Gasteiger partial charge in [0.2, 0.25) is 0 Å². The minimum absolute atomic E-state index is 0.222. The van der Waals surface area contributed by atoms with E-state index in [2.05, 4.69) is 59.1 Å². The molecule has 1 N–H and O–H groups in total. The molecule has 1 unspecified atom stereocenters. The van der Waals surface area contributed by atoms with Crippen molar-refractivity contribution >= 4 is 45.5 Å². The maximum atomic E-state index is 6.01. The molecule has 90 valence electrons. The number of nitrogens with one attached hydrogen (secondary N) is 1. The van der Waals surface area contributed by atoms with Gasteiger partial charge in [-0.05, 0) is 59.8 Å². The average molecular weight is 378 g/mol. The van der Waals surface area contributed by atoms with Crippen LogP contribution in [0.1, 0.15) is 22.0 Å². The highest BCUT2D eigenvalue weighted by Crippen LogP contribution is 2.33. The van der Waals surface area contributed by atoms with Crippen LogP contribution in [0.5, 0.6) is 0 Å². The van der Waals surface area contributed by atoms with Gasteiger partial charge in [-0.15, -0.1) is 11.3 Å². The average Bonchev–Trinajstić information content (AvgIpc) is 2.72. The Kier molecular flexibility index (Phi) is 4.47. The summed E-state index contributed by atoms with van der Waals surface area (Å²) in [6.45, 7) is 2.14. The first-order valence-electron chi connectivity index (χ1n) is 5.31. The third-order valence-electron chi connectivity index (χ3n) is 2.70. The second-order valence-electron chi connectivity index (χ2n) is 3.84. The van der Waals surface area contributed by atoms with Crippen molar-refractivity contribution in [1.29, 1.82) is 0 Å². The molecule has 0 bridgehead atoms. The first kappa shape index (κ1) is 13.3. The van der Waals surface area contributed by atoms with Crippen LogP contribution in [0.15, 0.2) is 30.3 Å². The van der Waals surface area contributed by atoms with Crippen LogP contribution in [0, 0.1) is 10.5 Å². The van der Waals surface area contributed by atoms with E-state index in [9.17, 15) is 0 Å². The fourth-order valence-electron chi connectivity index (χ4n) is 1.83. The van der Waals surface area contributed by atoms with Crippen molar-refractivity contribution in [2.45, 2.75) is 13.0 Å². The van der Waals surface area contributed by atoms with Gasteiger partial charge in [0.25, 0.3) is 0 Å². The fraction of sp³-hybridized carbons (Fsp3) is 0.231. The first-order chi connectivity index (χ1) is 8.13. The SMILES string of the molecule is CNC(c1ccc(Cl)s1)c1cccc(C)c1I. The topological polar surface area (TPSA) is 12.0 Å². The summed E-state index contributed by atoms with van der Waals surface area (Å²) in [4.78, 5) is 1.25. The monoisotopic (exact) mass is 377 g/mol. The molecule has 2 aromatic rings. The molecule has 17 heavy (non-hydrogen) atoms. The van der Waals surface area contributed by atoms with E-state index >= 15 is 0 Å². The molecule has 2 rings (SSSR count). The Morgan fingerprint density at radius 3 is 2.65 bits per heavy atom. The van der Waals surface area contributed by atoms with E-state index in [4.69, 9.17) is 11.6 Å². The van der Waals surface area contributed by atoms with Crippen molar-refractivity contribution in [3.8, 4) is 0 Å². The normalized spacial score (nSPS) is 12.7. The molecule has 0 radical (unpaired) electrons. The molecule has 1 atom stereocenters. The Morgan fingerprint density at radius 1 is 1.29 bits per heavy atom. The van der Waals surface area contributed by atoms with E-state index in [1.165, 1.54) is 19.6 Å². The van der Waals surface area contributed by atoms with Crippen LogP contribution in [0.4, 0.5) is 0 Å². The van der Waals surface area contributed by atoms with Crippen molar-refractivity contribution in [2.24, 2.45) is 0 Å². The molecule has 1 heterocycles. The molecule has 4 heteroatoms. The number of rotatable bonds is 3. The van der Waals surface area contributed by atoms with Gasteiger partial charge in [-0.1, -0.05) is 29.8 Å². The van der Waals surface area contributed by atoms with Crippen molar-refractivity contribution in [2.75, 3.05) is 7.05 Å². The van der Waals surface area contributed by atoms with Gasteiger partial charge in [0, 0.05) is 8.45 Å². The smallest absolute Gasteiger partial charge is 0.0931 e. The molecule has 0 saturated carbocycles. The van der Waals surface area contributed by atoms with E-state index in [1.807, 2.05) is 13.1 Å². The molecule has 1 aromatic heterocycles. The summed E-state index contributed by atoms with van der Waals surface area (Å²) in [7, 11) is 1.98. The molecule has 0 aliphatic carbocycles. The molecule has 0 spiro atoms. The Morgan fingerprint density at radius 2 is 2.06 bits per heavy atom. The summed E-state index contributed by atoms with van der Waals surface area (Å²) in [5.41, 5.74) is 2.62. The minimum atomic E-state index is 0.222. The van der Waals surface area contributed by atoms with Crippen LogP contribution in [-0.2, 0) is 0 Å². The van der Waals surface area contributed by atoms with Gasteiger partial charge < -0.3 is 5.32 Å². The van der Waals surface area contributed by atoms with Crippen molar-refractivity contribution in [1.82, 2.24) is 5.32 Å². The van der Waals surface area contributed by atoms with Crippen LogP contribution < -0.4 is 5.32 Å². The zero-order chi connectivity index (χ0) is 12.4. The largest absolute Gasteiger partial charge is 0.309 e. The van der Waals surface area contributed by atoms with Crippen molar-refractivity contribution < 1.29 is 0 Å². The summed E-state index contributed by atoms with van der Waals surface area (Å²) in [6.07, 6.45) is 0. The Balaban J connectivity index is 2.45. The van der Waals surface area contributed by atoms with Gasteiger partial charge in [-0.2, -0.15) is 0 Å². The molecule has 0 amide bonds. The van der Waals surface area contributed by atoms with Crippen molar-refractivity contribution in [3.05, 3.63) is 54.2 Å². The zero-order valence-corrected chi connectivity index (χ0v) is 13.4. The van der Waals surface area contributed by atoms with Crippen LogP contribution in [0.2, 0.25) is 4.34 Å². The highest BCUT2D eigenvalue weighted by molar-refractivity contribution is 14.1. The van der Waals surface area contributed by atoms with Gasteiger partial charge in [-0.3, -0.25) is 0 Å². The predicted octanol–water partition coefficient (Wildman–Crippen LogP) is 4.62. The lowest BCUT2D eigenvalue weighted by molar-refractivity contribution is 0.700. The van der Waals surface area contributed by atoms with Gasteiger partial charge >= 0.3 is 0 Å². The van der Waals surface area contributed by atoms with E-state index < -0.39 is 0 Å². The number of benzene rings is 1. The van der Waals surface area contributed by atoms with Gasteiger partial charge in [0.1, 0.15) is 0 Å². The van der Waals surface area contributed by atoms with Crippen LogP contribution in [0.25, 0.3) is 0 Å². The number of hydrogen-bond donors (Lipinski definition) is 1. The second-order valence-corrected chi connectivity index (χ2v) is 6.67. The summed E-state index contributed by atoms with van der Waals surface area (Å²) in [6, 6.07) is 10.7. The lowest BCUT2D eigenvalue weighted by Crippen LogP contribution is -2.17. The molecular formula is C13H13ClINS. The highest BCUT2D eigenvalue weighted by atomic mass is 127. The number of aryl methyl sites for hydroxylation is 1. The van der Waals surface area contributed by atoms with Crippen molar-refractivity contribution in [3.63, 3.8) is 0 Å². The van der Waals surface area contributed by atoms with E-state index in [0.717, 1.165) is 4.34 Å². The quantitative estimate of drug-likeness (QED) is 0.769. The fourth-order valence-corrected chi connectivity index (χ4v) is 3.69. The maximum Gasteiger partial charge on any atom is 0.0931 e. The minimum Gasteiger partial charge on any atom is -0.309 e. The summed E-state index contributed by atoms with van der Waals surface area (Å²) < 4.78 is 2.15. The second kappa shape index (κ2) is 5.69. The lowest BCUT2D eigenvalue weighted by atomic mass is 10.0. The van der Waals surface area contributed by atoms with Crippen LogP contribution in [0.3, 0.4) is 0 Å². The standard InChI is InChI=1S/C13H13ClINS/c1-8-4-3-5-9(12(8)15)13(16-2)10-6-7-11(14)17-10/h3-7,13,16H,1-2H3. The highest BCUT2D eigenvalue weighted by Gasteiger charge is 2.17. The molecule has 0 aliphatic heterocycles. The molecular weight excluding hydrogens is 365 g/mol. The van der Waals surface area contributed by atoms with Gasteiger partial charge in [0.15, 0.2) is 0 Å². The number of hydrogen-bond acceptors (Lipinski definition) is 2. The third-order valence-corrected chi connectivity index (χ3v) is 5.47.